The van der Waals surface area contributed by atoms with Gasteiger partial charge in [-0.05, 0) is 25.2 Å². The average Bonchev–Trinajstić information content (AvgIpc) is 3.32. The van der Waals surface area contributed by atoms with E-state index in [9.17, 15) is 12.8 Å². The first-order chi connectivity index (χ1) is 12.9. The third kappa shape index (κ3) is 3.65. The fourth-order valence-electron chi connectivity index (χ4n) is 2.81. The van der Waals surface area contributed by atoms with Crippen molar-refractivity contribution in [1.29, 1.82) is 0 Å². The molecule has 0 saturated carbocycles. The average molecular weight is 408 g/mol. The quantitative estimate of drug-likeness (QED) is 0.660. The summed E-state index contributed by atoms with van der Waals surface area (Å²) in [5.41, 5.74) is 1.02. The van der Waals surface area contributed by atoms with E-state index in [0.29, 0.717) is 37.3 Å². The van der Waals surface area contributed by atoms with Crippen LogP contribution < -0.4 is 0 Å². The molecular formula is C17H17FN4O3S2. The number of sulfonamides is 1. The monoisotopic (exact) mass is 408 g/mol. The standard InChI is InChI=1S/C17H17FN4O3S2/c1-21-5-7-22(8-6-21)27(23,24)15-10-13(11-26-15)17-19-16(20-25-17)12-3-2-4-14(18)9-12/h2-4,9-11H,5-8H2,1H3. The van der Waals surface area contributed by atoms with E-state index in [-0.39, 0.29) is 15.9 Å². The Kier molecular flexibility index (Phi) is 4.81. The van der Waals surface area contributed by atoms with Gasteiger partial charge in [-0.3, -0.25) is 0 Å². The summed E-state index contributed by atoms with van der Waals surface area (Å²) in [4.78, 5) is 6.35. The first kappa shape index (κ1) is 18.2. The number of halogens is 1. The zero-order chi connectivity index (χ0) is 19.0. The summed E-state index contributed by atoms with van der Waals surface area (Å²) in [7, 11) is -1.57. The van der Waals surface area contributed by atoms with Crippen LogP contribution in [0.4, 0.5) is 4.39 Å². The van der Waals surface area contributed by atoms with Crippen LogP contribution in [0.2, 0.25) is 0 Å². The van der Waals surface area contributed by atoms with Gasteiger partial charge in [0.1, 0.15) is 10.0 Å². The molecule has 3 aromatic rings. The number of aromatic nitrogens is 2. The molecule has 0 bridgehead atoms. The molecule has 1 saturated heterocycles. The van der Waals surface area contributed by atoms with Gasteiger partial charge < -0.3 is 9.42 Å². The SMILES string of the molecule is CN1CCN(S(=O)(=O)c2cc(-c3nc(-c4cccc(F)c4)no3)cs2)CC1. The van der Waals surface area contributed by atoms with E-state index in [0.717, 1.165) is 11.3 Å². The van der Waals surface area contributed by atoms with Gasteiger partial charge in [0.2, 0.25) is 5.82 Å². The van der Waals surface area contributed by atoms with Gasteiger partial charge >= 0.3 is 0 Å². The second-order valence-corrected chi connectivity index (χ2v) is 9.37. The molecule has 7 nitrogen and oxygen atoms in total. The maximum Gasteiger partial charge on any atom is 0.259 e. The number of piperazine rings is 1. The smallest absolute Gasteiger partial charge is 0.259 e. The van der Waals surface area contributed by atoms with Crippen molar-refractivity contribution in [3.63, 3.8) is 0 Å². The van der Waals surface area contributed by atoms with E-state index < -0.39 is 15.8 Å². The summed E-state index contributed by atoms with van der Waals surface area (Å²) in [6.45, 7) is 2.35. The molecule has 0 radical (unpaired) electrons. The van der Waals surface area contributed by atoms with E-state index in [2.05, 4.69) is 15.0 Å². The van der Waals surface area contributed by atoms with Crippen molar-refractivity contribution in [2.45, 2.75) is 4.21 Å². The summed E-state index contributed by atoms with van der Waals surface area (Å²) < 4.78 is 46.0. The van der Waals surface area contributed by atoms with Crippen molar-refractivity contribution >= 4 is 21.4 Å². The normalized spacial score (nSPS) is 16.7. The van der Waals surface area contributed by atoms with Gasteiger partial charge in [0.15, 0.2) is 0 Å². The fourth-order valence-corrected chi connectivity index (χ4v) is 5.53. The van der Waals surface area contributed by atoms with Crippen molar-refractivity contribution < 1.29 is 17.3 Å². The largest absolute Gasteiger partial charge is 0.334 e. The number of thiophene rings is 1. The number of hydrogen-bond acceptors (Lipinski definition) is 7. The Labute approximate surface area is 160 Å². The van der Waals surface area contributed by atoms with E-state index >= 15 is 0 Å². The third-order valence-electron chi connectivity index (χ3n) is 4.39. The van der Waals surface area contributed by atoms with Crippen LogP contribution in [0, 0.1) is 5.82 Å². The van der Waals surface area contributed by atoms with Gasteiger partial charge in [-0.1, -0.05) is 17.3 Å². The zero-order valence-corrected chi connectivity index (χ0v) is 16.1. The zero-order valence-electron chi connectivity index (χ0n) is 14.5. The molecule has 10 heteroatoms. The van der Waals surface area contributed by atoms with Crippen LogP contribution in [0.5, 0.6) is 0 Å². The van der Waals surface area contributed by atoms with Crippen LogP contribution in [0.3, 0.4) is 0 Å². The lowest BCUT2D eigenvalue weighted by Crippen LogP contribution is -2.46. The lowest BCUT2D eigenvalue weighted by molar-refractivity contribution is 0.222. The van der Waals surface area contributed by atoms with Crippen molar-refractivity contribution in [3.05, 3.63) is 41.5 Å². The van der Waals surface area contributed by atoms with E-state index in [1.54, 1.807) is 23.6 Å². The highest BCUT2D eigenvalue weighted by molar-refractivity contribution is 7.91. The molecule has 0 unspecified atom stereocenters. The molecule has 0 N–H and O–H groups in total. The molecule has 4 rings (SSSR count). The molecule has 0 aliphatic carbocycles. The number of likely N-dealkylation sites (N-methyl/N-ethyl adjacent to an activating group) is 1. The molecular weight excluding hydrogens is 391 g/mol. The molecule has 1 aliphatic heterocycles. The minimum absolute atomic E-state index is 0.199. The Morgan fingerprint density at radius 3 is 2.67 bits per heavy atom. The third-order valence-corrected chi connectivity index (χ3v) is 7.70. The van der Waals surface area contributed by atoms with E-state index in [1.165, 1.54) is 16.4 Å². The lowest BCUT2D eigenvalue weighted by atomic mass is 10.2. The second kappa shape index (κ2) is 7.12. The van der Waals surface area contributed by atoms with Gasteiger partial charge in [0, 0.05) is 37.1 Å². The molecule has 0 spiro atoms. The van der Waals surface area contributed by atoms with Gasteiger partial charge in [0.25, 0.3) is 15.9 Å². The second-order valence-electron chi connectivity index (χ2n) is 6.30. The van der Waals surface area contributed by atoms with Gasteiger partial charge in [-0.15, -0.1) is 11.3 Å². The Balaban J connectivity index is 1.58. The van der Waals surface area contributed by atoms with Crippen molar-refractivity contribution in [2.75, 3.05) is 33.2 Å². The Bertz CT molecular complexity index is 1060. The Hall–Kier alpha value is -2.14. The number of rotatable bonds is 4. The van der Waals surface area contributed by atoms with Gasteiger partial charge in [-0.2, -0.15) is 9.29 Å². The minimum Gasteiger partial charge on any atom is -0.334 e. The van der Waals surface area contributed by atoms with E-state index in [1.807, 2.05) is 7.05 Å². The molecule has 1 fully saturated rings. The van der Waals surface area contributed by atoms with Crippen molar-refractivity contribution in [2.24, 2.45) is 0 Å². The molecule has 27 heavy (non-hydrogen) atoms. The maximum absolute atomic E-state index is 13.4. The van der Waals surface area contributed by atoms with Crippen molar-refractivity contribution in [1.82, 2.24) is 19.3 Å². The molecule has 142 valence electrons. The molecule has 3 heterocycles. The number of nitrogens with zero attached hydrogens (tertiary/aromatic N) is 4. The topological polar surface area (TPSA) is 79.5 Å². The van der Waals surface area contributed by atoms with Crippen LogP contribution in [-0.4, -0.2) is 61.0 Å². The Morgan fingerprint density at radius 1 is 1.15 bits per heavy atom. The van der Waals surface area contributed by atoms with Crippen molar-refractivity contribution in [3.8, 4) is 22.8 Å². The summed E-state index contributed by atoms with van der Waals surface area (Å²) in [6.07, 6.45) is 0. The highest BCUT2D eigenvalue weighted by Gasteiger charge is 2.29. The highest BCUT2D eigenvalue weighted by atomic mass is 32.2. The predicted octanol–water partition coefficient (Wildman–Crippen LogP) is 2.54. The molecule has 1 aromatic carbocycles. The number of benzene rings is 1. The van der Waals surface area contributed by atoms with Gasteiger partial charge in [-0.25, -0.2) is 12.8 Å². The molecule has 0 amide bonds. The van der Waals surface area contributed by atoms with E-state index in [4.69, 9.17) is 4.52 Å². The first-order valence-electron chi connectivity index (χ1n) is 8.31. The lowest BCUT2D eigenvalue weighted by Gasteiger charge is -2.31. The van der Waals surface area contributed by atoms with Crippen LogP contribution >= 0.6 is 11.3 Å². The summed E-state index contributed by atoms with van der Waals surface area (Å²) in [5.74, 6) is 0.0550. The number of hydrogen-bond donors (Lipinski definition) is 0. The Morgan fingerprint density at radius 2 is 1.93 bits per heavy atom. The summed E-state index contributed by atoms with van der Waals surface area (Å²) >= 11 is 1.12. The van der Waals surface area contributed by atoms with Crippen LogP contribution in [0.15, 0.2) is 44.4 Å². The summed E-state index contributed by atoms with van der Waals surface area (Å²) in [6, 6.07) is 7.42. The summed E-state index contributed by atoms with van der Waals surface area (Å²) in [5, 5.41) is 5.53. The highest BCUT2D eigenvalue weighted by Crippen LogP contribution is 2.31. The fraction of sp³-hybridized carbons (Fsp3) is 0.294. The van der Waals surface area contributed by atoms with Gasteiger partial charge in [0.05, 0.1) is 5.56 Å². The minimum atomic E-state index is -3.54. The predicted molar refractivity (Wildman–Crippen MR) is 99.3 cm³/mol. The van der Waals surface area contributed by atoms with Crippen LogP contribution in [0.1, 0.15) is 0 Å². The first-order valence-corrected chi connectivity index (χ1v) is 10.6. The van der Waals surface area contributed by atoms with Crippen LogP contribution in [0.25, 0.3) is 22.8 Å². The molecule has 1 aliphatic rings. The maximum atomic E-state index is 13.4. The van der Waals surface area contributed by atoms with Crippen LogP contribution in [-0.2, 0) is 10.0 Å². The molecule has 2 aromatic heterocycles. The molecule has 0 atom stereocenters.